The van der Waals surface area contributed by atoms with Gasteiger partial charge in [-0.2, -0.15) is 0 Å². The Bertz CT molecular complexity index is 530. The smallest absolute Gasteiger partial charge is 0.125 e. The van der Waals surface area contributed by atoms with Gasteiger partial charge in [-0.15, -0.1) is 0 Å². The first kappa shape index (κ1) is 9.73. The summed E-state index contributed by atoms with van der Waals surface area (Å²) < 4.78 is 0. The van der Waals surface area contributed by atoms with E-state index in [9.17, 15) is 5.11 Å². The Balaban J connectivity index is 2.20. The van der Waals surface area contributed by atoms with Crippen LogP contribution in [0.2, 0.25) is 0 Å². The molecule has 0 spiro atoms. The molecule has 0 bridgehead atoms. The molecule has 0 atom stereocenters. The van der Waals surface area contributed by atoms with Crippen LogP contribution in [-0.2, 0) is 12.8 Å². The molecule has 0 saturated heterocycles. The number of phenolic OH excluding ortho intramolecular Hbond substituents is 1. The van der Waals surface area contributed by atoms with Gasteiger partial charge in [-0.05, 0) is 31.2 Å². The average Bonchev–Trinajstić information content (AvgIpc) is 2.54. The van der Waals surface area contributed by atoms with E-state index in [1.807, 2.05) is 12.1 Å². The number of phenols is 1. The van der Waals surface area contributed by atoms with Crippen molar-refractivity contribution in [3.63, 3.8) is 0 Å². The summed E-state index contributed by atoms with van der Waals surface area (Å²) in [7, 11) is 2.15. The van der Waals surface area contributed by atoms with Crippen molar-refractivity contribution in [2.45, 2.75) is 12.8 Å². The van der Waals surface area contributed by atoms with Gasteiger partial charge in [-0.25, -0.2) is 0 Å². The fourth-order valence-corrected chi connectivity index (χ4v) is 2.56. The Labute approximate surface area is 94.7 Å². The molecule has 1 aromatic heterocycles. The quantitative estimate of drug-likeness (QED) is 0.706. The molecule has 2 heterocycles. The SMILES string of the molecule is CN1CCc2[nH]c3cccc(O)c3c2CC1. The summed E-state index contributed by atoms with van der Waals surface area (Å²) in [5, 5.41) is 11.0. The predicted molar refractivity (Wildman–Crippen MR) is 64.9 cm³/mol. The highest BCUT2D eigenvalue weighted by molar-refractivity contribution is 5.90. The number of rotatable bonds is 0. The van der Waals surface area contributed by atoms with E-state index in [-0.39, 0.29) is 0 Å². The number of hydrogen-bond acceptors (Lipinski definition) is 2. The first-order chi connectivity index (χ1) is 7.75. The number of nitrogens with one attached hydrogen (secondary N) is 1. The van der Waals surface area contributed by atoms with Crippen molar-refractivity contribution in [3.8, 4) is 5.75 Å². The van der Waals surface area contributed by atoms with Crippen LogP contribution in [-0.4, -0.2) is 35.1 Å². The molecule has 84 valence electrons. The minimum Gasteiger partial charge on any atom is -0.507 e. The predicted octanol–water partition coefficient (Wildman–Crippen LogP) is 1.90. The molecule has 3 nitrogen and oxygen atoms in total. The molecule has 2 N–H and O–H groups in total. The van der Waals surface area contributed by atoms with Crippen LogP contribution >= 0.6 is 0 Å². The van der Waals surface area contributed by atoms with Gasteiger partial charge in [0, 0.05) is 36.1 Å². The van der Waals surface area contributed by atoms with Crippen LogP contribution in [0, 0.1) is 0 Å². The fourth-order valence-electron chi connectivity index (χ4n) is 2.56. The van der Waals surface area contributed by atoms with E-state index in [1.54, 1.807) is 6.07 Å². The van der Waals surface area contributed by atoms with Gasteiger partial charge in [0.15, 0.2) is 0 Å². The van der Waals surface area contributed by atoms with Crippen LogP contribution in [0.15, 0.2) is 18.2 Å². The first-order valence-corrected chi connectivity index (χ1v) is 5.75. The minimum absolute atomic E-state index is 0.402. The first-order valence-electron chi connectivity index (χ1n) is 5.75. The normalized spacial score (nSPS) is 17.3. The molecule has 3 heteroatoms. The van der Waals surface area contributed by atoms with E-state index in [4.69, 9.17) is 0 Å². The molecule has 0 aliphatic carbocycles. The molecule has 1 aliphatic heterocycles. The van der Waals surface area contributed by atoms with E-state index in [0.29, 0.717) is 5.75 Å². The maximum absolute atomic E-state index is 9.94. The van der Waals surface area contributed by atoms with Crippen LogP contribution < -0.4 is 0 Å². The topological polar surface area (TPSA) is 39.3 Å². The molecule has 16 heavy (non-hydrogen) atoms. The second-order valence-corrected chi connectivity index (χ2v) is 4.59. The Morgan fingerprint density at radius 2 is 2.06 bits per heavy atom. The number of benzene rings is 1. The standard InChI is InChI=1S/C13H16N2O/c1-15-7-5-9-10(6-8-15)14-11-3-2-4-12(16)13(9)11/h2-4,14,16H,5-8H2,1H3. The molecule has 3 rings (SSSR count). The molecular weight excluding hydrogens is 200 g/mol. The molecule has 0 radical (unpaired) electrons. The van der Waals surface area contributed by atoms with Gasteiger partial charge in [-0.1, -0.05) is 6.07 Å². The van der Waals surface area contributed by atoms with Crippen molar-refractivity contribution in [3.05, 3.63) is 29.5 Å². The lowest BCUT2D eigenvalue weighted by Gasteiger charge is -2.11. The fraction of sp³-hybridized carbons (Fsp3) is 0.385. The van der Waals surface area contributed by atoms with Crippen molar-refractivity contribution >= 4 is 10.9 Å². The summed E-state index contributed by atoms with van der Waals surface area (Å²) in [6.07, 6.45) is 2.06. The van der Waals surface area contributed by atoms with Gasteiger partial charge >= 0.3 is 0 Å². The maximum atomic E-state index is 9.94. The third-order valence-electron chi connectivity index (χ3n) is 3.48. The van der Waals surface area contributed by atoms with Gasteiger partial charge < -0.3 is 15.0 Å². The lowest BCUT2D eigenvalue weighted by atomic mass is 10.1. The summed E-state index contributed by atoms with van der Waals surface area (Å²) in [4.78, 5) is 5.76. The van der Waals surface area contributed by atoms with Crippen LogP contribution in [0.25, 0.3) is 10.9 Å². The van der Waals surface area contributed by atoms with Crippen LogP contribution in [0.5, 0.6) is 5.75 Å². The largest absolute Gasteiger partial charge is 0.507 e. The van der Waals surface area contributed by atoms with Gasteiger partial charge in [0.2, 0.25) is 0 Å². The third kappa shape index (κ3) is 1.39. The van der Waals surface area contributed by atoms with E-state index in [0.717, 1.165) is 36.8 Å². The monoisotopic (exact) mass is 216 g/mol. The second kappa shape index (κ2) is 3.52. The van der Waals surface area contributed by atoms with Crippen LogP contribution in [0.4, 0.5) is 0 Å². The van der Waals surface area contributed by atoms with Crippen molar-refractivity contribution < 1.29 is 5.11 Å². The van der Waals surface area contributed by atoms with E-state index in [2.05, 4.69) is 16.9 Å². The van der Waals surface area contributed by atoms with E-state index < -0.39 is 0 Å². The maximum Gasteiger partial charge on any atom is 0.125 e. The van der Waals surface area contributed by atoms with Crippen LogP contribution in [0.1, 0.15) is 11.3 Å². The Morgan fingerprint density at radius 1 is 1.25 bits per heavy atom. The van der Waals surface area contributed by atoms with Gasteiger partial charge in [0.25, 0.3) is 0 Å². The van der Waals surface area contributed by atoms with E-state index >= 15 is 0 Å². The number of nitrogens with zero attached hydrogens (tertiary/aromatic N) is 1. The number of fused-ring (bicyclic) bond motifs is 3. The van der Waals surface area contributed by atoms with Crippen molar-refractivity contribution in [2.75, 3.05) is 20.1 Å². The Morgan fingerprint density at radius 3 is 2.94 bits per heavy atom. The van der Waals surface area contributed by atoms with Crippen molar-refractivity contribution in [1.82, 2.24) is 9.88 Å². The molecule has 0 unspecified atom stereocenters. The Hall–Kier alpha value is -1.48. The molecule has 2 aromatic rings. The summed E-state index contributed by atoms with van der Waals surface area (Å²) >= 11 is 0. The zero-order valence-corrected chi connectivity index (χ0v) is 9.45. The molecule has 1 aliphatic rings. The highest BCUT2D eigenvalue weighted by Gasteiger charge is 2.17. The lowest BCUT2D eigenvalue weighted by Crippen LogP contribution is -2.21. The van der Waals surface area contributed by atoms with Crippen LogP contribution in [0.3, 0.4) is 0 Å². The Kier molecular flexibility index (Phi) is 2.14. The molecule has 0 fully saturated rings. The summed E-state index contributed by atoms with van der Waals surface area (Å²) in [5.74, 6) is 0.402. The van der Waals surface area contributed by atoms with E-state index in [1.165, 1.54) is 11.3 Å². The highest BCUT2D eigenvalue weighted by atomic mass is 16.3. The summed E-state index contributed by atoms with van der Waals surface area (Å²) in [6.45, 7) is 2.15. The number of likely N-dealkylation sites (N-methyl/N-ethyl adjacent to an activating group) is 1. The van der Waals surface area contributed by atoms with Crippen molar-refractivity contribution in [1.29, 1.82) is 0 Å². The second-order valence-electron chi connectivity index (χ2n) is 4.59. The summed E-state index contributed by atoms with van der Waals surface area (Å²) in [5.41, 5.74) is 3.66. The minimum atomic E-state index is 0.402. The number of aromatic amines is 1. The zero-order valence-electron chi connectivity index (χ0n) is 9.45. The number of hydrogen-bond donors (Lipinski definition) is 2. The number of H-pyrrole nitrogens is 1. The molecule has 0 saturated carbocycles. The zero-order chi connectivity index (χ0) is 11.1. The number of aromatic hydroxyl groups is 1. The van der Waals surface area contributed by atoms with Gasteiger partial charge in [0.05, 0.1) is 0 Å². The molecule has 1 aromatic carbocycles. The average molecular weight is 216 g/mol. The molecular formula is C13H16N2O. The lowest BCUT2D eigenvalue weighted by molar-refractivity contribution is 0.352. The highest BCUT2D eigenvalue weighted by Crippen LogP contribution is 2.31. The molecule has 0 amide bonds. The third-order valence-corrected chi connectivity index (χ3v) is 3.48. The summed E-state index contributed by atoms with van der Waals surface area (Å²) in [6, 6.07) is 5.69. The van der Waals surface area contributed by atoms with Gasteiger partial charge in [0.1, 0.15) is 5.75 Å². The number of aromatic nitrogens is 1. The van der Waals surface area contributed by atoms with Crippen molar-refractivity contribution in [2.24, 2.45) is 0 Å². The van der Waals surface area contributed by atoms with Gasteiger partial charge in [-0.3, -0.25) is 0 Å².